The summed E-state index contributed by atoms with van der Waals surface area (Å²) >= 11 is 0. The van der Waals surface area contributed by atoms with E-state index in [1.807, 2.05) is 0 Å². The molecule has 3 aliphatic heterocycles. The van der Waals surface area contributed by atoms with Crippen molar-refractivity contribution in [3.8, 4) is 5.75 Å². The zero-order valence-corrected chi connectivity index (χ0v) is 16.9. The standard InChI is InChI=1S/C25H26FN3O5/c26-20-5-4-16(13-28-8-10-33-11-9-28)12-17(20)15-34-22-3-1-2-18-19(22)14-29(25(18)32)21-6-7-23(30)27-24(21)31/h1-5,12,21H,6-11,13-15H2,(H,27,30,31)/i6D2,7D2,8D2,9D2,10D2,11D2,13D2,14D2,15D2. The van der Waals surface area contributed by atoms with Gasteiger partial charge in [0, 0.05) is 56.3 Å². The van der Waals surface area contributed by atoms with Crippen LogP contribution in [0.5, 0.6) is 5.75 Å². The lowest BCUT2D eigenvalue weighted by Gasteiger charge is -2.29. The van der Waals surface area contributed by atoms with Gasteiger partial charge in [0.05, 0.1) is 30.6 Å². The maximum absolute atomic E-state index is 15.3. The topological polar surface area (TPSA) is 88.2 Å². The van der Waals surface area contributed by atoms with Crippen molar-refractivity contribution in [2.24, 2.45) is 0 Å². The average Bonchev–Trinajstić information content (AvgIpc) is 3.15. The molecule has 0 aromatic heterocycles. The number of ether oxygens (including phenoxy) is 2. The molecule has 0 saturated carbocycles. The van der Waals surface area contributed by atoms with E-state index in [2.05, 4.69) is 4.74 Å². The Bertz CT molecular complexity index is 1860. The molecule has 1 atom stereocenters. The molecule has 3 heterocycles. The Morgan fingerprint density at radius 2 is 2.03 bits per heavy atom. The number of carbonyl (C=O) groups is 3. The van der Waals surface area contributed by atoms with Crippen LogP contribution >= 0.6 is 0 Å². The molecule has 2 aromatic rings. The van der Waals surface area contributed by atoms with Gasteiger partial charge in [-0.05, 0) is 36.2 Å². The fourth-order valence-corrected chi connectivity index (χ4v) is 3.14. The maximum Gasteiger partial charge on any atom is 0.255 e. The number of halogens is 1. The number of hydrogen-bond acceptors (Lipinski definition) is 6. The molecule has 2 aromatic carbocycles. The summed E-state index contributed by atoms with van der Waals surface area (Å²) in [5.74, 6) is -6.98. The zero-order valence-electron chi connectivity index (χ0n) is 34.9. The number of carbonyl (C=O) groups excluding carboxylic acids is 3. The van der Waals surface area contributed by atoms with Gasteiger partial charge in [0.15, 0.2) is 0 Å². The molecule has 34 heavy (non-hydrogen) atoms. The number of fused-ring (bicyclic) bond motifs is 1. The van der Waals surface area contributed by atoms with Crippen LogP contribution in [-0.4, -0.2) is 59.7 Å². The first kappa shape index (κ1) is 9.75. The molecule has 3 amide bonds. The average molecular weight is 486 g/mol. The first-order valence-electron chi connectivity index (χ1n) is 18.6. The molecule has 2 saturated heterocycles. The van der Waals surface area contributed by atoms with Gasteiger partial charge in [0.2, 0.25) is 11.8 Å². The maximum atomic E-state index is 15.3. The van der Waals surface area contributed by atoms with Crippen molar-refractivity contribution in [1.29, 1.82) is 0 Å². The predicted octanol–water partition coefficient (Wildman–Crippen LogP) is 2.00. The lowest BCUT2D eigenvalue weighted by molar-refractivity contribution is -0.136. The third kappa shape index (κ3) is 4.53. The molecule has 8 nitrogen and oxygen atoms in total. The van der Waals surface area contributed by atoms with Crippen LogP contribution < -0.4 is 10.1 Å². The molecule has 1 N–H and O–H groups in total. The van der Waals surface area contributed by atoms with Crippen molar-refractivity contribution < 1.29 is 52.9 Å². The van der Waals surface area contributed by atoms with Gasteiger partial charge < -0.3 is 14.4 Å². The zero-order chi connectivity index (χ0) is 39.8. The second-order valence-electron chi connectivity index (χ2n) is 6.83. The van der Waals surface area contributed by atoms with E-state index < -0.39 is 121 Å². The van der Waals surface area contributed by atoms with E-state index >= 15 is 4.39 Å². The Morgan fingerprint density at radius 1 is 1.21 bits per heavy atom. The minimum Gasteiger partial charge on any atom is -0.488 e. The van der Waals surface area contributed by atoms with E-state index in [-0.39, 0.29) is 4.90 Å². The van der Waals surface area contributed by atoms with Crippen molar-refractivity contribution in [3.63, 3.8) is 0 Å². The fraction of sp³-hybridized carbons (Fsp3) is 0.400. The summed E-state index contributed by atoms with van der Waals surface area (Å²) in [6.07, 6.45) is -6.96. The van der Waals surface area contributed by atoms with Crippen LogP contribution in [-0.2, 0) is 33.9 Å². The number of hydrogen-bond donors (Lipinski definition) is 1. The molecule has 2 fully saturated rings. The lowest BCUT2D eigenvalue weighted by Crippen LogP contribution is -2.52. The van der Waals surface area contributed by atoms with E-state index in [0.717, 1.165) is 18.2 Å². The first-order chi connectivity index (χ1) is 23.2. The van der Waals surface area contributed by atoms with Crippen molar-refractivity contribution in [1.82, 2.24) is 15.1 Å². The van der Waals surface area contributed by atoms with Crippen LogP contribution in [0.1, 0.15) is 64.5 Å². The van der Waals surface area contributed by atoms with Crippen LogP contribution in [0.25, 0.3) is 0 Å². The van der Waals surface area contributed by atoms with Gasteiger partial charge in [-0.25, -0.2) is 4.39 Å². The van der Waals surface area contributed by atoms with E-state index in [0.29, 0.717) is 18.2 Å². The minimum absolute atomic E-state index is 0.0109. The van der Waals surface area contributed by atoms with Gasteiger partial charge in [-0.1, -0.05) is 12.1 Å². The highest BCUT2D eigenvalue weighted by molar-refractivity contribution is 6.05. The summed E-state index contributed by atoms with van der Waals surface area (Å²) < 4.78 is 174. The molecule has 0 bridgehead atoms. The van der Waals surface area contributed by atoms with Gasteiger partial charge >= 0.3 is 0 Å². The van der Waals surface area contributed by atoms with E-state index in [1.54, 1.807) is 5.32 Å². The van der Waals surface area contributed by atoms with Crippen LogP contribution in [0.2, 0.25) is 0 Å². The monoisotopic (exact) mass is 485 g/mol. The second-order valence-corrected chi connectivity index (χ2v) is 6.83. The summed E-state index contributed by atoms with van der Waals surface area (Å²) in [7, 11) is 0. The third-order valence-electron chi connectivity index (χ3n) is 4.67. The van der Waals surface area contributed by atoms with Crippen molar-refractivity contribution in [2.45, 2.75) is 38.3 Å². The van der Waals surface area contributed by atoms with Gasteiger partial charge in [0.25, 0.3) is 5.91 Å². The van der Waals surface area contributed by atoms with E-state index in [4.69, 9.17) is 29.4 Å². The summed E-state index contributed by atoms with van der Waals surface area (Å²) in [6.45, 7) is -25.3. The SMILES string of the molecule is [2H]C([2H])(Oc1cccc2c1C([2H])([2H])N(C1C(=O)NC(=O)C([2H])([2H])C1([2H])[2H])C2=O)c1cc(C([2H])([2H])N2C([2H])([2H])C([2H])([2H])OC([2H])([2H])C2([2H])[2H])ccc1F. The number of morpholine rings is 1. The Kier molecular flexibility index (Phi) is 2.73. The molecule has 0 aliphatic carbocycles. The van der Waals surface area contributed by atoms with Gasteiger partial charge in [-0.3, -0.25) is 24.6 Å². The summed E-state index contributed by atoms with van der Waals surface area (Å²) in [5.41, 5.74) is -3.61. The Balaban J connectivity index is 1.58. The van der Waals surface area contributed by atoms with Crippen LogP contribution in [0.4, 0.5) is 4.39 Å². The molecule has 0 radical (unpaired) electrons. The number of rotatable bonds is 6. The summed E-state index contributed by atoms with van der Waals surface area (Å²) in [4.78, 5) is 38.0. The normalized spacial score (nSPS) is 40.0. The van der Waals surface area contributed by atoms with Crippen molar-refractivity contribution >= 4 is 17.7 Å². The molecule has 0 spiro atoms. The molecular weight excluding hydrogens is 441 g/mol. The molecule has 3 aliphatic rings. The van der Waals surface area contributed by atoms with E-state index in [1.165, 1.54) is 0 Å². The van der Waals surface area contributed by atoms with Gasteiger partial charge in [-0.2, -0.15) is 0 Å². The van der Waals surface area contributed by atoms with Crippen LogP contribution in [0.15, 0.2) is 36.4 Å². The number of imide groups is 1. The van der Waals surface area contributed by atoms with Crippen molar-refractivity contribution in [2.75, 3.05) is 26.1 Å². The van der Waals surface area contributed by atoms with Crippen LogP contribution in [0, 0.1) is 5.82 Å². The highest BCUT2D eigenvalue weighted by Gasteiger charge is 2.40. The Morgan fingerprint density at radius 3 is 2.85 bits per heavy atom. The second kappa shape index (κ2) is 9.52. The Labute approximate surface area is 221 Å². The van der Waals surface area contributed by atoms with E-state index in [9.17, 15) is 14.4 Å². The minimum atomic E-state index is -3.76. The molecule has 1 unspecified atom stereocenters. The molecule has 9 heteroatoms. The molecule has 5 rings (SSSR count). The third-order valence-corrected chi connectivity index (χ3v) is 4.67. The Hall–Kier alpha value is -3.30. The largest absolute Gasteiger partial charge is 0.488 e. The highest BCUT2D eigenvalue weighted by atomic mass is 19.1. The molecular formula is C25H26FN3O5. The number of amides is 3. The predicted molar refractivity (Wildman–Crippen MR) is 119 cm³/mol. The number of piperidine rings is 1. The van der Waals surface area contributed by atoms with Crippen LogP contribution in [0.3, 0.4) is 0 Å². The number of nitrogens with zero attached hydrogens (tertiary/aromatic N) is 2. The quantitative estimate of drug-likeness (QED) is 0.630. The van der Waals surface area contributed by atoms with Crippen molar-refractivity contribution in [3.05, 3.63) is 64.5 Å². The number of benzene rings is 2. The van der Waals surface area contributed by atoms with Gasteiger partial charge in [0.1, 0.15) is 24.2 Å². The smallest absolute Gasteiger partial charge is 0.255 e. The summed E-state index contributed by atoms with van der Waals surface area (Å²) in [6, 6.07) is 1.78. The lowest BCUT2D eigenvalue weighted by atomic mass is 10.0. The van der Waals surface area contributed by atoms with Gasteiger partial charge in [-0.15, -0.1) is 0 Å². The number of nitrogens with one attached hydrogen (secondary N) is 1. The fourth-order valence-electron chi connectivity index (χ4n) is 3.14. The summed E-state index contributed by atoms with van der Waals surface area (Å²) in [5, 5.41) is 1.56. The highest BCUT2D eigenvalue weighted by Crippen LogP contribution is 2.34. The first-order valence-corrected chi connectivity index (χ1v) is 9.55. The molecule has 178 valence electrons.